The summed E-state index contributed by atoms with van der Waals surface area (Å²) in [6, 6.07) is 6.55. The van der Waals surface area contributed by atoms with Gasteiger partial charge in [-0.3, -0.25) is 0 Å². The van der Waals surface area contributed by atoms with E-state index in [0.29, 0.717) is 5.92 Å². The molecule has 1 fully saturated rings. The average molecular weight is 257 g/mol. The van der Waals surface area contributed by atoms with E-state index in [4.69, 9.17) is 4.98 Å². The summed E-state index contributed by atoms with van der Waals surface area (Å²) < 4.78 is 2.29. The van der Waals surface area contributed by atoms with Crippen molar-refractivity contribution in [2.75, 3.05) is 13.1 Å². The molecule has 1 aliphatic heterocycles. The fourth-order valence-corrected chi connectivity index (χ4v) is 3.41. The Labute approximate surface area is 115 Å². The first kappa shape index (κ1) is 12.7. The third-order valence-corrected chi connectivity index (χ3v) is 4.78. The molecule has 19 heavy (non-hydrogen) atoms. The van der Waals surface area contributed by atoms with Gasteiger partial charge in [0.05, 0.1) is 11.0 Å². The summed E-state index contributed by atoms with van der Waals surface area (Å²) in [6.45, 7) is 8.90. The third kappa shape index (κ3) is 1.79. The number of hydrogen-bond acceptors (Lipinski definition) is 2. The quantitative estimate of drug-likeness (QED) is 0.896. The van der Waals surface area contributed by atoms with Crippen LogP contribution in [-0.2, 0) is 12.5 Å². The smallest absolute Gasteiger partial charge is 0.117 e. The first-order chi connectivity index (χ1) is 9.04. The maximum absolute atomic E-state index is 4.97. The number of nitrogens with zero attached hydrogens (tertiary/aromatic N) is 2. The predicted molar refractivity (Wildman–Crippen MR) is 79.5 cm³/mol. The van der Waals surface area contributed by atoms with Gasteiger partial charge in [0.1, 0.15) is 5.82 Å². The Hall–Kier alpha value is -1.35. The summed E-state index contributed by atoms with van der Waals surface area (Å²) in [5, 5.41) is 3.52. The lowest BCUT2D eigenvalue weighted by atomic mass is 9.75. The van der Waals surface area contributed by atoms with Crippen molar-refractivity contribution in [2.24, 2.45) is 13.0 Å². The fraction of sp³-hybridized carbons (Fsp3) is 0.562. The Kier molecular flexibility index (Phi) is 2.90. The van der Waals surface area contributed by atoms with Gasteiger partial charge in [-0.25, -0.2) is 4.98 Å². The van der Waals surface area contributed by atoms with Gasteiger partial charge in [-0.15, -0.1) is 0 Å². The van der Waals surface area contributed by atoms with E-state index >= 15 is 0 Å². The standard InChI is InChI=1S/C16H23N3/c1-11(2)16(7-8-17-10-16)15-18-13-9-12(3)5-6-14(13)19(15)4/h5-6,9,11,17H,7-8,10H2,1-4H3. The van der Waals surface area contributed by atoms with Crippen LogP contribution in [0.4, 0.5) is 0 Å². The summed E-state index contributed by atoms with van der Waals surface area (Å²) in [6.07, 6.45) is 1.18. The number of benzene rings is 1. The molecule has 2 heterocycles. The number of aryl methyl sites for hydroxylation is 2. The molecule has 3 heteroatoms. The predicted octanol–water partition coefficient (Wildman–Crippen LogP) is 2.77. The van der Waals surface area contributed by atoms with E-state index < -0.39 is 0 Å². The maximum atomic E-state index is 4.97. The van der Waals surface area contributed by atoms with Crippen molar-refractivity contribution in [3.63, 3.8) is 0 Å². The highest BCUT2D eigenvalue weighted by Crippen LogP contribution is 2.38. The number of fused-ring (bicyclic) bond motifs is 1. The molecule has 0 bridgehead atoms. The lowest BCUT2D eigenvalue weighted by Gasteiger charge is -2.32. The number of imidazole rings is 1. The van der Waals surface area contributed by atoms with E-state index in [1.807, 2.05) is 0 Å². The van der Waals surface area contributed by atoms with Crippen molar-refractivity contribution in [3.05, 3.63) is 29.6 Å². The monoisotopic (exact) mass is 257 g/mol. The minimum atomic E-state index is 0.182. The van der Waals surface area contributed by atoms with Crippen LogP contribution in [0.25, 0.3) is 11.0 Å². The molecule has 3 nitrogen and oxygen atoms in total. The SMILES string of the molecule is Cc1ccc2c(c1)nc(C1(C(C)C)CCNC1)n2C. The van der Waals surface area contributed by atoms with Crippen molar-refractivity contribution in [1.29, 1.82) is 0 Å². The van der Waals surface area contributed by atoms with Crippen LogP contribution in [0.3, 0.4) is 0 Å². The van der Waals surface area contributed by atoms with Gasteiger partial charge in [-0.05, 0) is 43.5 Å². The normalized spacial score (nSPS) is 23.6. The second-order valence-corrected chi connectivity index (χ2v) is 6.22. The Morgan fingerprint density at radius 2 is 2.16 bits per heavy atom. The van der Waals surface area contributed by atoms with Crippen molar-refractivity contribution in [2.45, 2.75) is 32.6 Å². The van der Waals surface area contributed by atoms with Gasteiger partial charge < -0.3 is 9.88 Å². The molecule has 1 aromatic carbocycles. The van der Waals surface area contributed by atoms with Crippen molar-refractivity contribution in [3.8, 4) is 0 Å². The number of nitrogens with one attached hydrogen (secondary N) is 1. The molecule has 1 N–H and O–H groups in total. The van der Waals surface area contributed by atoms with Crippen LogP contribution in [-0.4, -0.2) is 22.6 Å². The van der Waals surface area contributed by atoms with Crippen LogP contribution in [0.1, 0.15) is 31.7 Å². The molecule has 1 aliphatic rings. The van der Waals surface area contributed by atoms with Crippen LogP contribution < -0.4 is 5.32 Å². The van der Waals surface area contributed by atoms with Crippen molar-refractivity contribution in [1.82, 2.24) is 14.9 Å². The summed E-state index contributed by atoms with van der Waals surface area (Å²) in [5.41, 5.74) is 3.83. The lowest BCUT2D eigenvalue weighted by molar-refractivity contribution is 0.311. The molecule has 102 valence electrons. The van der Waals surface area contributed by atoms with Crippen LogP contribution in [0, 0.1) is 12.8 Å². The second kappa shape index (κ2) is 4.34. The summed E-state index contributed by atoms with van der Waals surface area (Å²) in [4.78, 5) is 4.97. The van der Waals surface area contributed by atoms with Crippen LogP contribution in [0.15, 0.2) is 18.2 Å². The molecule has 1 aromatic heterocycles. The summed E-state index contributed by atoms with van der Waals surface area (Å²) in [5.74, 6) is 1.84. The zero-order chi connectivity index (χ0) is 13.6. The maximum Gasteiger partial charge on any atom is 0.117 e. The van der Waals surface area contributed by atoms with Crippen LogP contribution >= 0.6 is 0 Å². The van der Waals surface area contributed by atoms with Gasteiger partial charge in [0, 0.05) is 19.0 Å². The molecule has 0 radical (unpaired) electrons. The van der Waals surface area contributed by atoms with Gasteiger partial charge >= 0.3 is 0 Å². The van der Waals surface area contributed by atoms with E-state index in [-0.39, 0.29) is 5.41 Å². The van der Waals surface area contributed by atoms with E-state index in [0.717, 1.165) is 18.6 Å². The molecule has 2 aromatic rings. The summed E-state index contributed by atoms with van der Waals surface area (Å²) >= 11 is 0. The molecule has 0 aliphatic carbocycles. The number of rotatable bonds is 2. The van der Waals surface area contributed by atoms with Crippen LogP contribution in [0.5, 0.6) is 0 Å². The molecule has 0 saturated carbocycles. The minimum Gasteiger partial charge on any atom is -0.331 e. The molecule has 1 atom stereocenters. The first-order valence-electron chi connectivity index (χ1n) is 7.19. The molecular formula is C16H23N3. The minimum absolute atomic E-state index is 0.182. The zero-order valence-electron chi connectivity index (χ0n) is 12.3. The largest absolute Gasteiger partial charge is 0.331 e. The van der Waals surface area contributed by atoms with E-state index in [2.05, 4.69) is 55.9 Å². The Bertz CT molecular complexity index is 604. The molecule has 0 amide bonds. The van der Waals surface area contributed by atoms with Gasteiger partial charge in [-0.2, -0.15) is 0 Å². The van der Waals surface area contributed by atoms with E-state index in [1.54, 1.807) is 0 Å². The second-order valence-electron chi connectivity index (χ2n) is 6.22. The molecule has 1 saturated heterocycles. The van der Waals surface area contributed by atoms with Crippen molar-refractivity contribution < 1.29 is 0 Å². The van der Waals surface area contributed by atoms with Crippen LogP contribution in [0.2, 0.25) is 0 Å². The summed E-state index contributed by atoms with van der Waals surface area (Å²) in [7, 11) is 2.16. The number of aromatic nitrogens is 2. The highest BCUT2D eigenvalue weighted by atomic mass is 15.1. The number of hydrogen-bond donors (Lipinski definition) is 1. The molecule has 1 unspecified atom stereocenters. The first-order valence-corrected chi connectivity index (χ1v) is 7.19. The van der Waals surface area contributed by atoms with Gasteiger partial charge in [0.15, 0.2) is 0 Å². The lowest BCUT2D eigenvalue weighted by Crippen LogP contribution is -2.37. The topological polar surface area (TPSA) is 29.9 Å². The Balaban J connectivity index is 2.21. The van der Waals surface area contributed by atoms with Gasteiger partial charge in [-0.1, -0.05) is 19.9 Å². The molecule has 0 spiro atoms. The molecular weight excluding hydrogens is 234 g/mol. The van der Waals surface area contributed by atoms with Gasteiger partial charge in [0.2, 0.25) is 0 Å². The molecule has 3 rings (SSSR count). The van der Waals surface area contributed by atoms with Gasteiger partial charge in [0.25, 0.3) is 0 Å². The highest BCUT2D eigenvalue weighted by Gasteiger charge is 2.42. The average Bonchev–Trinajstić information content (AvgIpc) is 2.95. The fourth-order valence-electron chi connectivity index (χ4n) is 3.41. The Morgan fingerprint density at radius 1 is 1.37 bits per heavy atom. The Morgan fingerprint density at radius 3 is 2.79 bits per heavy atom. The highest BCUT2D eigenvalue weighted by molar-refractivity contribution is 5.77. The zero-order valence-corrected chi connectivity index (χ0v) is 12.3. The van der Waals surface area contributed by atoms with Crippen molar-refractivity contribution >= 4 is 11.0 Å². The third-order valence-electron chi connectivity index (χ3n) is 4.78. The van der Waals surface area contributed by atoms with E-state index in [1.165, 1.54) is 23.3 Å². The van der Waals surface area contributed by atoms with E-state index in [9.17, 15) is 0 Å².